The van der Waals surface area contributed by atoms with E-state index in [4.69, 9.17) is 0 Å². The summed E-state index contributed by atoms with van der Waals surface area (Å²) in [6, 6.07) is 9.71. The van der Waals surface area contributed by atoms with E-state index in [0.717, 1.165) is 0 Å². The summed E-state index contributed by atoms with van der Waals surface area (Å²) < 4.78 is 0. The summed E-state index contributed by atoms with van der Waals surface area (Å²) >= 11 is 0. The third-order valence-corrected chi connectivity index (χ3v) is 3.43. The molecule has 0 fully saturated rings. The maximum absolute atomic E-state index is 12.0. The van der Waals surface area contributed by atoms with Crippen LogP contribution in [0.1, 0.15) is 17.3 Å². The summed E-state index contributed by atoms with van der Waals surface area (Å²) in [5.74, 6) is -0.965. The molecule has 0 atom stereocenters. The quantitative estimate of drug-likeness (QED) is 0.359. The van der Waals surface area contributed by atoms with Gasteiger partial charge < -0.3 is 15.3 Å². The van der Waals surface area contributed by atoms with E-state index in [1.165, 1.54) is 19.1 Å². The van der Waals surface area contributed by atoms with Crippen LogP contribution in [-0.4, -0.2) is 21.1 Å². The van der Waals surface area contributed by atoms with Crippen molar-refractivity contribution < 1.29 is 20.1 Å². The zero-order valence-corrected chi connectivity index (χ0v) is 10.7. The van der Waals surface area contributed by atoms with E-state index in [1.54, 1.807) is 24.3 Å². The van der Waals surface area contributed by atoms with E-state index in [2.05, 4.69) is 0 Å². The molecular formula is C16H12O4. The summed E-state index contributed by atoms with van der Waals surface area (Å²) in [4.78, 5) is 12.0. The van der Waals surface area contributed by atoms with Crippen molar-refractivity contribution in [2.45, 2.75) is 6.92 Å². The molecule has 0 aliphatic heterocycles. The highest BCUT2D eigenvalue weighted by Crippen LogP contribution is 2.41. The third-order valence-electron chi connectivity index (χ3n) is 3.43. The first-order valence-electron chi connectivity index (χ1n) is 6.11. The first-order chi connectivity index (χ1) is 9.50. The van der Waals surface area contributed by atoms with Gasteiger partial charge in [-0.15, -0.1) is 0 Å². The number of hydrogen-bond acceptors (Lipinski definition) is 4. The van der Waals surface area contributed by atoms with Crippen LogP contribution in [0.3, 0.4) is 0 Å². The molecule has 0 aliphatic carbocycles. The third kappa shape index (κ3) is 1.58. The molecule has 4 heteroatoms. The van der Waals surface area contributed by atoms with Gasteiger partial charge in [-0.2, -0.15) is 0 Å². The van der Waals surface area contributed by atoms with E-state index in [0.29, 0.717) is 16.2 Å². The van der Waals surface area contributed by atoms with Gasteiger partial charge in [-0.3, -0.25) is 4.79 Å². The lowest BCUT2D eigenvalue weighted by Gasteiger charge is -2.12. The van der Waals surface area contributed by atoms with Gasteiger partial charge in [0.1, 0.15) is 5.75 Å². The number of carbonyl (C=O) groups is 1. The molecule has 0 spiro atoms. The Morgan fingerprint density at radius 1 is 0.900 bits per heavy atom. The van der Waals surface area contributed by atoms with Crippen LogP contribution in [0, 0.1) is 0 Å². The number of Topliss-reactive ketones (excluding diaryl/α,β-unsaturated/α-hetero) is 1. The van der Waals surface area contributed by atoms with Gasteiger partial charge in [-0.05, 0) is 35.9 Å². The Labute approximate surface area is 114 Å². The monoisotopic (exact) mass is 268 g/mol. The average Bonchev–Trinajstić information content (AvgIpc) is 2.41. The van der Waals surface area contributed by atoms with Gasteiger partial charge in [0.25, 0.3) is 0 Å². The molecule has 0 aliphatic rings. The summed E-state index contributed by atoms with van der Waals surface area (Å²) in [6.07, 6.45) is 0. The first-order valence-corrected chi connectivity index (χ1v) is 6.11. The highest BCUT2D eigenvalue weighted by molar-refractivity contribution is 6.21. The lowest BCUT2D eigenvalue weighted by molar-refractivity contribution is 0.102. The number of fused-ring (bicyclic) bond motifs is 2. The molecule has 3 aromatic carbocycles. The van der Waals surface area contributed by atoms with Crippen molar-refractivity contribution in [2.24, 2.45) is 0 Å². The second-order valence-corrected chi connectivity index (χ2v) is 4.71. The second kappa shape index (κ2) is 4.13. The molecule has 0 unspecified atom stereocenters. The van der Waals surface area contributed by atoms with Crippen LogP contribution >= 0.6 is 0 Å². The van der Waals surface area contributed by atoms with Crippen LogP contribution in [0.15, 0.2) is 36.4 Å². The second-order valence-electron chi connectivity index (χ2n) is 4.71. The molecule has 0 heterocycles. The normalized spacial score (nSPS) is 11.1. The maximum atomic E-state index is 12.0. The molecule has 3 rings (SSSR count). The number of hydrogen-bond donors (Lipinski definition) is 3. The number of phenolic OH excluding ortho intramolecular Hbond substituents is 3. The largest absolute Gasteiger partial charge is 0.507 e. The summed E-state index contributed by atoms with van der Waals surface area (Å²) in [5, 5.41) is 31.7. The van der Waals surface area contributed by atoms with Crippen molar-refractivity contribution in [3.05, 3.63) is 42.0 Å². The molecule has 0 saturated heterocycles. The standard InChI is InChI=1S/C16H12O4/c1-8(17)13-14-9(3-2-4-11(14)18)7-10-5-6-12(19)16(20)15(10)13/h2-7,18-20H,1H3. The van der Waals surface area contributed by atoms with Crippen molar-refractivity contribution in [2.75, 3.05) is 0 Å². The van der Waals surface area contributed by atoms with Gasteiger partial charge in [0.05, 0.1) is 0 Å². The Hall–Kier alpha value is -2.75. The molecule has 0 amide bonds. The zero-order chi connectivity index (χ0) is 14.4. The fourth-order valence-electron chi connectivity index (χ4n) is 2.57. The van der Waals surface area contributed by atoms with Crippen LogP contribution in [0.2, 0.25) is 0 Å². The lowest BCUT2D eigenvalue weighted by Crippen LogP contribution is -1.97. The SMILES string of the molecule is CC(=O)c1c2c(O)cccc2cc2ccc(O)c(O)c12. The molecule has 100 valence electrons. The minimum Gasteiger partial charge on any atom is -0.507 e. The molecule has 3 aromatic rings. The highest BCUT2D eigenvalue weighted by atomic mass is 16.3. The van der Waals surface area contributed by atoms with Crippen LogP contribution < -0.4 is 0 Å². The number of carbonyl (C=O) groups excluding carboxylic acids is 1. The molecule has 0 radical (unpaired) electrons. The van der Waals surface area contributed by atoms with Gasteiger partial charge in [0.15, 0.2) is 17.3 Å². The molecular weight excluding hydrogens is 256 g/mol. The minimum absolute atomic E-state index is 0.0302. The topological polar surface area (TPSA) is 77.8 Å². The minimum atomic E-state index is -0.349. The summed E-state index contributed by atoms with van der Waals surface area (Å²) in [7, 11) is 0. The lowest BCUT2D eigenvalue weighted by atomic mass is 9.93. The molecule has 0 saturated carbocycles. The van der Waals surface area contributed by atoms with E-state index >= 15 is 0 Å². The Morgan fingerprint density at radius 2 is 1.60 bits per heavy atom. The Bertz CT molecular complexity index is 865. The molecule has 0 bridgehead atoms. The summed E-state index contributed by atoms with van der Waals surface area (Å²) in [6.45, 7) is 1.37. The Kier molecular flexibility index (Phi) is 2.54. The van der Waals surface area contributed by atoms with E-state index < -0.39 is 0 Å². The number of ketones is 1. The molecule has 4 nitrogen and oxygen atoms in total. The van der Waals surface area contributed by atoms with Crippen LogP contribution in [-0.2, 0) is 0 Å². The van der Waals surface area contributed by atoms with Crippen LogP contribution in [0.25, 0.3) is 21.5 Å². The van der Waals surface area contributed by atoms with Gasteiger partial charge in [0, 0.05) is 16.3 Å². The predicted octanol–water partition coefficient (Wildman–Crippen LogP) is 3.31. The van der Waals surface area contributed by atoms with Crippen LogP contribution in [0.4, 0.5) is 0 Å². The Morgan fingerprint density at radius 3 is 2.30 bits per heavy atom. The van der Waals surface area contributed by atoms with Crippen molar-refractivity contribution >= 4 is 27.3 Å². The van der Waals surface area contributed by atoms with Crippen molar-refractivity contribution in [3.8, 4) is 17.2 Å². The molecule has 20 heavy (non-hydrogen) atoms. The number of benzene rings is 3. The van der Waals surface area contributed by atoms with Crippen LogP contribution in [0.5, 0.6) is 17.2 Å². The maximum Gasteiger partial charge on any atom is 0.166 e. The average molecular weight is 268 g/mol. The fraction of sp³-hybridized carbons (Fsp3) is 0.0625. The van der Waals surface area contributed by atoms with Gasteiger partial charge in [-0.1, -0.05) is 18.2 Å². The number of phenols is 3. The number of rotatable bonds is 1. The van der Waals surface area contributed by atoms with Crippen molar-refractivity contribution in [1.82, 2.24) is 0 Å². The van der Waals surface area contributed by atoms with Crippen molar-refractivity contribution in [1.29, 1.82) is 0 Å². The van der Waals surface area contributed by atoms with Gasteiger partial charge >= 0.3 is 0 Å². The fourth-order valence-corrected chi connectivity index (χ4v) is 2.57. The Balaban J connectivity index is 2.68. The first kappa shape index (κ1) is 12.3. The van der Waals surface area contributed by atoms with E-state index in [-0.39, 0.29) is 34.0 Å². The van der Waals surface area contributed by atoms with Gasteiger partial charge in [0.2, 0.25) is 0 Å². The number of aromatic hydroxyl groups is 3. The summed E-state index contributed by atoms with van der Waals surface area (Å²) in [5.41, 5.74) is 0.212. The smallest absolute Gasteiger partial charge is 0.166 e. The molecule has 3 N–H and O–H groups in total. The zero-order valence-electron chi connectivity index (χ0n) is 10.7. The van der Waals surface area contributed by atoms with E-state index in [9.17, 15) is 20.1 Å². The van der Waals surface area contributed by atoms with Gasteiger partial charge in [-0.25, -0.2) is 0 Å². The highest BCUT2D eigenvalue weighted by Gasteiger charge is 2.18. The predicted molar refractivity (Wildman–Crippen MR) is 76.5 cm³/mol. The molecule has 0 aromatic heterocycles. The van der Waals surface area contributed by atoms with Crippen molar-refractivity contribution in [3.63, 3.8) is 0 Å². The van der Waals surface area contributed by atoms with E-state index in [1.807, 2.05) is 0 Å².